The van der Waals surface area contributed by atoms with Crippen LogP contribution in [0.5, 0.6) is 0 Å². The maximum Gasteiger partial charge on any atom is 0.0283 e. The van der Waals surface area contributed by atoms with Crippen LogP contribution in [-0.4, -0.2) is 0 Å². The lowest BCUT2D eigenvalue weighted by Gasteiger charge is -2.00. The van der Waals surface area contributed by atoms with E-state index in [1.807, 2.05) is 0 Å². The van der Waals surface area contributed by atoms with Crippen LogP contribution in [0.3, 0.4) is 0 Å². The van der Waals surface area contributed by atoms with Crippen molar-refractivity contribution in [3.8, 4) is 0 Å². The number of rotatable bonds is 2. The molecular weight excluding hydrogens is 383 g/mol. The molecule has 1 rings (SSSR count). The van der Waals surface area contributed by atoms with Crippen molar-refractivity contribution in [1.82, 2.24) is 0 Å². The normalized spacial score (nSPS) is 10.1. The van der Waals surface area contributed by atoms with Crippen LogP contribution >= 0.6 is 54.5 Å². The van der Waals surface area contributed by atoms with Crippen molar-refractivity contribution < 1.29 is 0 Å². The van der Waals surface area contributed by atoms with Gasteiger partial charge in [0.1, 0.15) is 0 Å². The summed E-state index contributed by atoms with van der Waals surface area (Å²) in [5, 5.41) is 1.87. The van der Waals surface area contributed by atoms with Gasteiger partial charge in [-0.2, -0.15) is 0 Å². The summed E-state index contributed by atoms with van der Waals surface area (Å²) in [5.41, 5.74) is 2.68. The second kappa shape index (κ2) is 4.82. The van der Waals surface area contributed by atoms with Crippen molar-refractivity contribution in [2.75, 3.05) is 0 Å². The maximum absolute atomic E-state index is 3.44. The zero-order valence-electron chi connectivity index (χ0n) is 5.78. The van der Waals surface area contributed by atoms with Gasteiger partial charge in [0, 0.05) is 14.2 Å². The Morgan fingerprint density at radius 2 is 1.45 bits per heavy atom. The first-order valence-corrected chi connectivity index (χ1v) is 6.48. The Hall–Kier alpha value is 0.910. The fourth-order valence-electron chi connectivity index (χ4n) is 0.872. The Morgan fingerprint density at radius 3 is 1.82 bits per heavy atom. The molecule has 3 heteroatoms. The van der Waals surface area contributed by atoms with Crippen LogP contribution in [0.4, 0.5) is 0 Å². The van der Waals surface area contributed by atoms with Gasteiger partial charge in [0.2, 0.25) is 0 Å². The summed E-state index contributed by atoms with van der Waals surface area (Å²) in [7, 11) is 0. The molecule has 60 valence electrons. The van der Waals surface area contributed by atoms with Crippen LogP contribution in [0.2, 0.25) is 0 Å². The van der Waals surface area contributed by atoms with Crippen molar-refractivity contribution in [3.05, 3.63) is 32.9 Å². The molecule has 11 heavy (non-hydrogen) atoms. The van der Waals surface area contributed by atoms with Gasteiger partial charge in [0.15, 0.2) is 0 Å². The minimum atomic E-state index is 0.934. The molecule has 0 fully saturated rings. The fraction of sp³-hybridized carbons (Fsp3) is 0.250. The molecule has 0 spiro atoms. The molecule has 0 N–H and O–H groups in total. The van der Waals surface area contributed by atoms with Gasteiger partial charge < -0.3 is 0 Å². The van der Waals surface area contributed by atoms with Crippen molar-refractivity contribution in [2.45, 2.75) is 10.7 Å². The van der Waals surface area contributed by atoms with E-state index >= 15 is 0 Å². The van der Waals surface area contributed by atoms with Crippen LogP contribution in [-0.2, 0) is 10.7 Å². The monoisotopic (exact) mass is 388 g/mol. The highest BCUT2D eigenvalue weighted by Gasteiger charge is 1.96. The molecule has 0 aromatic heterocycles. The molecule has 0 aliphatic carbocycles. The van der Waals surface area contributed by atoms with E-state index in [1.165, 1.54) is 14.7 Å². The molecule has 1 aromatic rings. The number of benzene rings is 1. The fourth-order valence-corrected chi connectivity index (χ4v) is 2.32. The third kappa shape index (κ3) is 3.03. The van der Waals surface area contributed by atoms with Gasteiger partial charge in [-0.3, -0.25) is 0 Å². The van der Waals surface area contributed by atoms with E-state index in [9.17, 15) is 0 Å². The third-order valence-corrected chi connectivity index (χ3v) is 3.24. The van der Waals surface area contributed by atoms with Crippen LogP contribution < -0.4 is 0 Å². The summed E-state index contributed by atoms with van der Waals surface area (Å²) in [5.74, 6) is 0. The largest absolute Gasteiger partial charge is 0.0876 e. The SMILES string of the molecule is BrCc1cc(I)cc(CBr)c1. The van der Waals surface area contributed by atoms with Crippen LogP contribution in [0.15, 0.2) is 18.2 Å². The lowest BCUT2D eigenvalue weighted by atomic mass is 10.2. The van der Waals surface area contributed by atoms with Gasteiger partial charge in [0.25, 0.3) is 0 Å². The van der Waals surface area contributed by atoms with Crippen molar-refractivity contribution >= 4 is 54.5 Å². The average Bonchev–Trinajstić information content (AvgIpc) is 2.03. The number of halogens is 3. The van der Waals surface area contributed by atoms with Crippen LogP contribution in [0, 0.1) is 3.57 Å². The van der Waals surface area contributed by atoms with Gasteiger partial charge in [-0.15, -0.1) is 0 Å². The van der Waals surface area contributed by atoms with Crippen molar-refractivity contribution in [3.63, 3.8) is 0 Å². The molecule has 0 nitrogen and oxygen atoms in total. The Labute approximate surface area is 97.2 Å². The minimum Gasteiger partial charge on any atom is -0.0876 e. The first kappa shape index (κ1) is 9.99. The molecule has 0 aliphatic rings. The smallest absolute Gasteiger partial charge is 0.0283 e. The van der Waals surface area contributed by atoms with Gasteiger partial charge in [-0.1, -0.05) is 37.9 Å². The molecule has 0 heterocycles. The van der Waals surface area contributed by atoms with Crippen LogP contribution in [0.1, 0.15) is 11.1 Å². The summed E-state index contributed by atoms with van der Waals surface area (Å²) in [6.07, 6.45) is 0. The second-order valence-electron chi connectivity index (χ2n) is 2.23. The highest BCUT2D eigenvalue weighted by molar-refractivity contribution is 14.1. The standard InChI is InChI=1S/C8H7Br2I/c9-4-6-1-7(5-10)3-8(11)2-6/h1-3H,4-5H2. The van der Waals surface area contributed by atoms with Gasteiger partial charge >= 0.3 is 0 Å². The molecule has 0 radical (unpaired) electrons. The van der Waals surface area contributed by atoms with Crippen molar-refractivity contribution in [2.24, 2.45) is 0 Å². The lowest BCUT2D eigenvalue weighted by Crippen LogP contribution is -1.84. The molecule has 0 bridgehead atoms. The van der Waals surface area contributed by atoms with E-state index in [2.05, 4.69) is 72.6 Å². The zero-order valence-corrected chi connectivity index (χ0v) is 11.1. The average molecular weight is 390 g/mol. The quantitative estimate of drug-likeness (QED) is 0.528. The molecule has 0 saturated carbocycles. The van der Waals surface area contributed by atoms with E-state index in [0.29, 0.717) is 0 Å². The third-order valence-electron chi connectivity index (χ3n) is 1.33. The Balaban J connectivity index is 3.02. The predicted octanol–water partition coefficient (Wildman–Crippen LogP) is 4.08. The molecule has 0 atom stereocenters. The first-order valence-electron chi connectivity index (χ1n) is 3.16. The summed E-state index contributed by atoms with van der Waals surface area (Å²) >= 11 is 9.21. The molecule has 0 amide bonds. The molecular formula is C8H7Br2I. The minimum absolute atomic E-state index is 0.934. The highest BCUT2D eigenvalue weighted by atomic mass is 127. The number of hydrogen-bond donors (Lipinski definition) is 0. The van der Waals surface area contributed by atoms with E-state index in [4.69, 9.17) is 0 Å². The Morgan fingerprint density at radius 1 is 1.00 bits per heavy atom. The first-order chi connectivity index (χ1) is 5.26. The van der Waals surface area contributed by atoms with Crippen LogP contribution in [0.25, 0.3) is 0 Å². The summed E-state index contributed by atoms with van der Waals surface area (Å²) in [4.78, 5) is 0. The van der Waals surface area contributed by atoms with E-state index in [-0.39, 0.29) is 0 Å². The summed E-state index contributed by atoms with van der Waals surface area (Å²) in [6, 6.07) is 6.56. The molecule has 0 unspecified atom stereocenters. The summed E-state index contributed by atoms with van der Waals surface area (Å²) in [6.45, 7) is 0. The summed E-state index contributed by atoms with van der Waals surface area (Å²) < 4.78 is 1.30. The topological polar surface area (TPSA) is 0 Å². The molecule has 0 saturated heterocycles. The maximum atomic E-state index is 3.44. The van der Waals surface area contributed by atoms with Gasteiger partial charge in [-0.25, -0.2) is 0 Å². The number of hydrogen-bond acceptors (Lipinski definition) is 0. The second-order valence-corrected chi connectivity index (χ2v) is 4.60. The highest BCUT2D eigenvalue weighted by Crippen LogP contribution is 2.16. The van der Waals surface area contributed by atoms with Gasteiger partial charge in [0.05, 0.1) is 0 Å². The molecule has 0 aliphatic heterocycles. The van der Waals surface area contributed by atoms with Crippen molar-refractivity contribution in [1.29, 1.82) is 0 Å². The predicted molar refractivity (Wildman–Crippen MR) is 64.4 cm³/mol. The van der Waals surface area contributed by atoms with E-state index in [1.54, 1.807) is 0 Å². The van der Waals surface area contributed by atoms with E-state index in [0.717, 1.165) is 10.7 Å². The van der Waals surface area contributed by atoms with E-state index < -0.39 is 0 Å². The lowest BCUT2D eigenvalue weighted by molar-refractivity contribution is 1.33. The number of alkyl halides is 2. The van der Waals surface area contributed by atoms with Gasteiger partial charge in [-0.05, 0) is 45.9 Å². The Bertz CT molecular complexity index is 226. The Kier molecular flexibility index (Phi) is 4.38. The zero-order chi connectivity index (χ0) is 8.27. The molecule has 1 aromatic carbocycles.